The molecule has 0 spiro atoms. The van der Waals surface area contributed by atoms with E-state index in [1.807, 2.05) is 31.5 Å². The molecule has 1 N–H and O–H groups in total. The number of nitrogens with one attached hydrogen (secondary N) is 1. The molecule has 2 atom stereocenters. The van der Waals surface area contributed by atoms with Gasteiger partial charge in [-0.1, -0.05) is 13.3 Å². The number of pyridine rings is 1. The number of piperidine rings is 1. The molecule has 0 aromatic carbocycles. The van der Waals surface area contributed by atoms with Gasteiger partial charge in [-0.2, -0.15) is 5.10 Å². The predicted octanol–water partition coefficient (Wildman–Crippen LogP) is 3.31. The van der Waals surface area contributed by atoms with Crippen LogP contribution in [-0.4, -0.2) is 34.0 Å². The lowest BCUT2D eigenvalue weighted by atomic mass is 9.92. The summed E-state index contributed by atoms with van der Waals surface area (Å²) in [6, 6.07) is 3.93. The van der Waals surface area contributed by atoms with Crippen LogP contribution >= 0.6 is 0 Å². The highest BCUT2D eigenvalue weighted by atomic mass is 19.1. The van der Waals surface area contributed by atoms with Crippen LogP contribution in [0.3, 0.4) is 0 Å². The van der Waals surface area contributed by atoms with Gasteiger partial charge in [0.15, 0.2) is 0 Å². The zero-order chi connectivity index (χ0) is 15.8. The summed E-state index contributed by atoms with van der Waals surface area (Å²) >= 11 is 0. The van der Waals surface area contributed by atoms with Crippen LogP contribution in [0.15, 0.2) is 36.9 Å². The standard InChI is InChI=1S/C9H9N3.C8H16FN/c1-8-5-9(7-10-6-8)12-4-2-3-11-12;1-2-3-7-4-5-10-6-8(7)9/h2-7H,1H3;7-8,10H,2-6H2,1H3. The van der Waals surface area contributed by atoms with Crippen molar-refractivity contribution in [3.63, 3.8) is 0 Å². The summed E-state index contributed by atoms with van der Waals surface area (Å²) in [5.74, 6) is 0.339. The second-order valence-electron chi connectivity index (χ2n) is 5.73. The summed E-state index contributed by atoms with van der Waals surface area (Å²) in [7, 11) is 0. The normalized spacial score (nSPS) is 21.0. The molecule has 4 nitrogen and oxygen atoms in total. The van der Waals surface area contributed by atoms with E-state index in [4.69, 9.17) is 0 Å². The number of rotatable bonds is 3. The molecule has 2 aromatic heterocycles. The van der Waals surface area contributed by atoms with Crippen LogP contribution in [0, 0.1) is 12.8 Å². The Morgan fingerprint density at radius 2 is 2.27 bits per heavy atom. The van der Waals surface area contributed by atoms with Crippen molar-refractivity contribution in [1.29, 1.82) is 0 Å². The van der Waals surface area contributed by atoms with Crippen molar-refractivity contribution < 1.29 is 4.39 Å². The molecule has 0 saturated carbocycles. The van der Waals surface area contributed by atoms with E-state index in [0.717, 1.165) is 37.1 Å². The van der Waals surface area contributed by atoms with Crippen molar-refractivity contribution in [2.75, 3.05) is 13.1 Å². The van der Waals surface area contributed by atoms with Crippen molar-refractivity contribution in [3.8, 4) is 5.69 Å². The van der Waals surface area contributed by atoms with E-state index in [1.54, 1.807) is 17.1 Å². The molecule has 5 heteroatoms. The highest BCUT2D eigenvalue weighted by Gasteiger charge is 2.22. The van der Waals surface area contributed by atoms with E-state index in [-0.39, 0.29) is 0 Å². The maximum atomic E-state index is 13.0. The molecule has 0 radical (unpaired) electrons. The fourth-order valence-electron chi connectivity index (χ4n) is 2.66. The fraction of sp³-hybridized carbons (Fsp3) is 0.529. The largest absolute Gasteiger partial charge is 0.314 e. The summed E-state index contributed by atoms with van der Waals surface area (Å²) in [5.41, 5.74) is 2.14. The molecule has 0 bridgehead atoms. The fourth-order valence-corrected chi connectivity index (χ4v) is 2.66. The van der Waals surface area contributed by atoms with Crippen molar-refractivity contribution >= 4 is 0 Å². The van der Waals surface area contributed by atoms with Crippen LogP contribution in [0.25, 0.3) is 5.69 Å². The van der Waals surface area contributed by atoms with Gasteiger partial charge in [0.2, 0.25) is 0 Å². The van der Waals surface area contributed by atoms with Crippen molar-refractivity contribution in [2.24, 2.45) is 5.92 Å². The highest BCUT2D eigenvalue weighted by Crippen LogP contribution is 2.20. The van der Waals surface area contributed by atoms with Crippen LogP contribution in [0.5, 0.6) is 0 Å². The first-order chi connectivity index (χ1) is 10.7. The van der Waals surface area contributed by atoms with Gasteiger partial charge in [-0.3, -0.25) is 4.98 Å². The number of hydrogen-bond donors (Lipinski definition) is 1. The van der Waals surface area contributed by atoms with Gasteiger partial charge < -0.3 is 5.32 Å². The highest BCUT2D eigenvalue weighted by molar-refractivity contribution is 5.30. The molecule has 2 unspecified atom stereocenters. The number of hydrogen-bond acceptors (Lipinski definition) is 3. The minimum absolute atomic E-state index is 0.339. The quantitative estimate of drug-likeness (QED) is 0.946. The van der Waals surface area contributed by atoms with Crippen LogP contribution in [-0.2, 0) is 0 Å². The molecule has 3 rings (SSSR count). The average molecular weight is 304 g/mol. The first kappa shape index (κ1) is 16.6. The van der Waals surface area contributed by atoms with E-state index in [9.17, 15) is 4.39 Å². The SMILES string of the molecule is CCCC1CCNCC1F.Cc1cncc(-n2cccn2)c1. The minimum atomic E-state index is -0.589. The van der Waals surface area contributed by atoms with Gasteiger partial charge in [0.25, 0.3) is 0 Å². The Bertz CT molecular complexity index is 539. The summed E-state index contributed by atoms with van der Waals surface area (Å²) in [6.07, 6.45) is 9.88. The summed E-state index contributed by atoms with van der Waals surface area (Å²) in [4.78, 5) is 4.08. The Morgan fingerprint density at radius 1 is 1.41 bits per heavy atom. The molecular weight excluding hydrogens is 279 g/mol. The Morgan fingerprint density at radius 3 is 2.91 bits per heavy atom. The molecule has 0 amide bonds. The Labute approximate surface area is 131 Å². The molecule has 0 aliphatic carbocycles. The van der Waals surface area contributed by atoms with Gasteiger partial charge in [0, 0.05) is 25.1 Å². The molecule has 1 aliphatic rings. The van der Waals surface area contributed by atoms with Gasteiger partial charge in [-0.25, -0.2) is 9.07 Å². The molecular formula is C17H25FN4. The van der Waals surface area contributed by atoms with Crippen molar-refractivity contribution in [1.82, 2.24) is 20.1 Å². The lowest BCUT2D eigenvalue weighted by Crippen LogP contribution is -2.37. The predicted molar refractivity (Wildman–Crippen MR) is 86.9 cm³/mol. The Hall–Kier alpha value is -1.75. The number of nitrogens with zero attached hydrogens (tertiary/aromatic N) is 3. The number of alkyl halides is 1. The number of aryl methyl sites for hydroxylation is 1. The molecule has 22 heavy (non-hydrogen) atoms. The maximum Gasteiger partial charge on any atom is 0.115 e. The second-order valence-corrected chi connectivity index (χ2v) is 5.73. The Kier molecular flexibility index (Phi) is 6.52. The van der Waals surface area contributed by atoms with Crippen LogP contribution in [0.2, 0.25) is 0 Å². The third-order valence-electron chi connectivity index (χ3n) is 3.83. The zero-order valence-electron chi connectivity index (χ0n) is 13.4. The lowest BCUT2D eigenvalue weighted by Gasteiger charge is -2.25. The summed E-state index contributed by atoms with van der Waals surface area (Å²) < 4.78 is 14.8. The van der Waals surface area contributed by atoms with E-state index < -0.39 is 6.17 Å². The molecule has 1 saturated heterocycles. The van der Waals surface area contributed by atoms with Gasteiger partial charge in [-0.15, -0.1) is 0 Å². The van der Waals surface area contributed by atoms with Crippen molar-refractivity contribution in [3.05, 3.63) is 42.5 Å². The summed E-state index contributed by atoms with van der Waals surface area (Å²) in [6.45, 7) is 5.71. The number of aromatic nitrogens is 3. The third-order valence-corrected chi connectivity index (χ3v) is 3.83. The molecule has 3 heterocycles. The molecule has 2 aromatic rings. The van der Waals surface area contributed by atoms with Crippen LogP contribution in [0.1, 0.15) is 31.7 Å². The lowest BCUT2D eigenvalue weighted by molar-refractivity contribution is 0.171. The van der Waals surface area contributed by atoms with E-state index in [1.165, 1.54) is 0 Å². The van der Waals surface area contributed by atoms with Gasteiger partial charge in [0.05, 0.1) is 11.9 Å². The van der Waals surface area contributed by atoms with Gasteiger partial charge in [0.1, 0.15) is 6.17 Å². The second kappa shape index (κ2) is 8.63. The average Bonchev–Trinajstić information content (AvgIpc) is 3.05. The van der Waals surface area contributed by atoms with E-state index in [2.05, 4.69) is 22.3 Å². The monoisotopic (exact) mass is 304 g/mol. The van der Waals surface area contributed by atoms with Crippen molar-refractivity contribution in [2.45, 2.75) is 39.3 Å². The zero-order valence-corrected chi connectivity index (χ0v) is 13.4. The summed E-state index contributed by atoms with van der Waals surface area (Å²) in [5, 5.41) is 7.15. The van der Waals surface area contributed by atoms with E-state index >= 15 is 0 Å². The topological polar surface area (TPSA) is 42.7 Å². The van der Waals surface area contributed by atoms with Gasteiger partial charge >= 0.3 is 0 Å². The Balaban J connectivity index is 0.000000164. The molecule has 1 aliphatic heterocycles. The molecule has 1 fully saturated rings. The number of halogens is 1. The smallest absolute Gasteiger partial charge is 0.115 e. The van der Waals surface area contributed by atoms with Crippen LogP contribution < -0.4 is 5.32 Å². The minimum Gasteiger partial charge on any atom is -0.314 e. The first-order valence-corrected chi connectivity index (χ1v) is 7.97. The third kappa shape index (κ3) is 4.91. The van der Waals surface area contributed by atoms with Crippen LogP contribution in [0.4, 0.5) is 4.39 Å². The van der Waals surface area contributed by atoms with E-state index in [0.29, 0.717) is 12.5 Å². The molecule has 120 valence electrons. The van der Waals surface area contributed by atoms with Gasteiger partial charge in [-0.05, 0) is 49.9 Å². The first-order valence-electron chi connectivity index (χ1n) is 7.97. The maximum absolute atomic E-state index is 13.0.